The predicted octanol–water partition coefficient (Wildman–Crippen LogP) is 4.86. The van der Waals surface area contributed by atoms with E-state index in [1.54, 1.807) is 37.3 Å². The van der Waals surface area contributed by atoms with Gasteiger partial charge in [-0.2, -0.15) is 13.2 Å². The van der Waals surface area contributed by atoms with Crippen molar-refractivity contribution in [1.29, 1.82) is 0 Å². The van der Waals surface area contributed by atoms with Crippen LogP contribution in [0.5, 0.6) is 5.75 Å². The zero-order valence-corrected chi connectivity index (χ0v) is 18.6. The molecule has 0 aromatic heterocycles. The molecule has 0 bridgehead atoms. The minimum absolute atomic E-state index is 0.0352. The lowest BCUT2D eigenvalue weighted by molar-refractivity contribution is -0.137. The average Bonchev–Trinajstić information content (AvgIpc) is 2.77. The predicted molar refractivity (Wildman–Crippen MR) is 119 cm³/mol. The lowest BCUT2D eigenvalue weighted by Crippen LogP contribution is -2.38. The summed E-state index contributed by atoms with van der Waals surface area (Å²) in [6.45, 7) is 1.11. The summed E-state index contributed by atoms with van der Waals surface area (Å²) in [5.74, 6) is -0.201. The first-order valence-electron chi connectivity index (χ1n) is 9.72. The van der Waals surface area contributed by atoms with E-state index in [0.29, 0.717) is 11.3 Å². The Balaban J connectivity index is 1.89. The second-order valence-electron chi connectivity index (χ2n) is 7.10. The number of halogens is 3. The fraction of sp³-hybridized carbons (Fsp3) is 0.174. The van der Waals surface area contributed by atoms with Gasteiger partial charge in [-0.15, -0.1) is 0 Å². The highest BCUT2D eigenvalue weighted by molar-refractivity contribution is 7.92. The van der Waals surface area contributed by atoms with E-state index in [0.717, 1.165) is 28.6 Å². The van der Waals surface area contributed by atoms with E-state index < -0.39 is 34.2 Å². The highest BCUT2D eigenvalue weighted by Gasteiger charge is 2.30. The molecule has 0 saturated heterocycles. The van der Waals surface area contributed by atoms with E-state index in [9.17, 15) is 26.4 Å². The Morgan fingerprint density at radius 3 is 2.18 bits per heavy atom. The molecular formula is C23H21F3N2O4S. The standard InChI is InChI=1S/C23H21F3N2O4S/c1-16-14-20(12-13-21(16)32-2)33(30,31)28(19-6-4-3-5-7-19)15-22(29)27-18-10-8-17(9-11-18)23(24,25)26/h3-14H,15H2,1-2H3,(H,27,29). The summed E-state index contributed by atoms with van der Waals surface area (Å²) in [5.41, 5.74) is 0.108. The highest BCUT2D eigenvalue weighted by Crippen LogP contribution is 2.30. The van der Waals surface area contributed by atoms with Crippen molar-refractivity contribution in [1.82, 2.24) is 0 Å². The second kappa shape index (κ2) is 9.53. The number of nitrogens with one attached hydrogen (secondary N) is 1. The van der Waals surface area contributed by atoms with Gasteiger partial charge in [0.2, 0.25) is 5.91 Å². The van der Waals surface area contributed by atoms with Gasteiger partial charge in [0.25, 0.3) is 10.0 Å². The minimum atomic E-state index is -4.50. The summed E-state index contributed by atoms with van der Waals surface area (Å²) in [6.07, 6.45) is -4.50. The first-order valence-corrected chi connectivity index (χ1v) is 11.2. The Morgan fingerprint density at radius 1 is 1.00 bits per heavy atom. The molecule has 6 nitrogen and oxygen atoms in total. The lowest BCUT2D eigenvalue weighted by atomic mass is 10.2. The average molecular weight is 478 g/mol. The van der Waals surface area contributed by atoms with Crippen LogP contribution in [0.3, 0.4) is 0 Å². The Hall–Kier alpha value is -3.53. The number of amides is 1. The molecule has 3 rings (SSSR count). The smallest absolute Gasteiger partial charge is 0.416 e. The number of anilines is 2. The number of aryl methyl sites for hydroxylation is 1. The number of methoxy groups -OCH3 is 1. The van der Waals surface area contributed by atoms with Crippen LogP contribution in [0, 0.1) is 6.92 Å². The third kappa shape index (κ3) is 5.64. The number of nitrogens with zero attached hydrogens (tertiary/aromatic N) is 1. The van der Waals surface area contributed by atoms with E-state index in [-0.39, 0.29) is 16.3 Å². The van der Waals surface area contributed by atoms with Gasteiger partial charge < -0.3 is 10.1 Å². The molecule has 0 aliphatic carbocycles. The van der Waals surface area contributed by atoms with Gasteiger partial charge in [-0.25, -0.2) is 8.42 Å². The molecule has 0 aliphatic rings. The maximum Gasteiger partial charge on any atom is 0.416 e. The molecular weight excluding hydrogens is 457 g/mol. The summed E-state index contributed by atoms with van der Waals surface area (Å²) in [6, 6.07) is 16.3. The van der Waals surface area contributed by atoms with Crippen molar-refractivity contribution in [2.45, 2.75) is 18.0 Å². The molecule has 0 unspecified atom stereocenters. The molecule has 1 N–H and O–H groups in total. The van der Waals surface area contributed by atoms with E-state index >= 15 is 0 Å². The Labute approximate surface area is 189 Å². The van der Waals surface area contributed by atoms with Gasteiger partial charge in [0.05, 0.1) is 23.3 Å². The lowest BCUT2D eigenvalue weighted by Gasteiger charge is -2.24. The first kappa shape index (κ1) is 24.1. The van der Waals surface area contributed by atoms with Crippen LogP contribution in [-0.4, -0.2) is 28.0 Å². The van der Waals surface area contributed by atoms with Crippen molar-refractivity contribution in [2.24, 2.45) is 0 Å². The van der Waals surface area contributed by atoms with E-state index in [4.69, 9.17) is 4.74 Å². The molecule has 1 amide bonds. The van der Waals surface area contributed by atoms with Crippen LogP contribution in [0.4, 0.5) is 24.5 Å². The summed E-state index contributed by atoms with van der Waals surface area (Å²) in [7, 11) is -2.68. The van der Waals surface area contributed by atoms with E-state index in [1.165, 1.54) is 25.3 Å². The van der Waals surface area contributed by atoms with Gasteiger partial charge >= 0.3 is 6.18 Å². The molecule has 10 heteroatoms. The Morgan fingerprint density at radius 2 is 1.64 bits per heavy atom. The molecule has 0 atom stereocenters. The molecule has 3 aromatic rings. The first-order chi connectivity index (χ1) is 15.5. The molecule has 174 valence electrons. The topological polar surface area (TPSA) is 75.7 Å². The van der Waals surface area contributed by atoms with Gasteiger partial charge in [-0.3, -0.25) is 9.10 Å². The third-order valence-corrected chi connectivity index (χ3v) is 6.55. The molecule has 33 heavy (non-hydrogen) atoms. The van der Waals surface area contributed by atoms with Gasteiger partial charge in [-0.1, -0.05) is 18.2 Å². The Bertz CT molecular complexity index is 1230. The molecule has 0 spiro atoms. The number of carbonyl (C=O) groups is 1. The zero-order valence-electron chi connectivity index (χ0n) is 17.8. The number of hydrogen-bond acceptors (Lipinski definition) is 4. The van der Waals surface area contributed by atoms with Crippen molar-refractivity contribution in [3.8, 4) is 5.75 Å². The third-order valence-electron chi connectivity index (χ3n) is 4.78. The number of alkyl halides is 3. The second-order valence-corrected chi connectivity index (χ2v) is 8.96. The number of sulfonamides is 1. The van der Waals surface area contributed by atoms with Gasteiger partial charge in [-0.05, 0) is 67.1 Å². The maximum absolute atomic E-state index is 13.4. The van der Waals surface area contributed by atoms with Crippen molar-refractivity contribution < 1.29 is 31.1 Å². The van der Waals surface area contributed by atoms with Crippen LogP contribution in [0.15, 0.2) is 77.7 Å². The van der Waals surface area contributed by atoms with Gasteiger partial charge in [0, 0.05) is 5.69 Å². The highest BCUT2D eigenvalue weighted by atomic mass is 32.2. The summed E-state index contributed by atoms with van der Waals surface area (Å²) >= 11 is 0. The maximum atomic E-state index is 13.4. The molecule has 0 radical (unpaired) electrons. The van der Waals surface area contributed by atoms with Crippen LogP contribution < -0.4 is 14.4 Å². The number of rotatable bonds is 7. The summed E-state index contributed by atoms with van der Waals surface area (Å²) in [4.78, 5) is 12.6. The fourth-order valence-electron chi connectivity index (χ4n) is 3.12. The van der Waals surface area contributed by atoms with Crippen molar-refractivity contribution >= 4 is 27.3 Å². The quantitative estimate of drug-likeness (QED) is 0.527. The van der Waals surface area contributed by atoms with Gasteiger partial charge in [0.15, 0.2) is 0 Å². The van der Waals surface area contributed by atoms with Crippen molar-refractivity contribution in [3.63, 3.8) is 0 Å². The summed E-state index contributed by atoms with van der Waals surface area (Å²) < 4.78 is 71.2. The van der Waals surface area contributed by atoms with E-state index in [1.807, 2.05) is 0 Å². The SMILES string of the molecule is COc1ccc(S(=O)(=O)N(CC(=O)Nc2ccc(C(F)(F)F)cc2)c2ccccc2)cc1C. The van der Waals surface area contributed by atoms with Crippen LogP contribution in [0.1, 0.15) is 11.1 Å². The molecule has 0 heterocycles. The fourth-order valence-corrected chi connectivity index (χ4v) is 4.63. The number of hydrogen-bond donors (Lipinski definition) is 1. The number of benzene rings is 3. The number of para-hydroxylation sites is 1. The minimum Gasteiger partial charge on any atom is -0.496 e. The van der Waals surface area contributed by atoms with E-state index in [2.05, 4.69) is 5.32 Å². The van der Waals surface area contributed by atoms with Crippen LogP contribution >= 0.6 is 0 Å². The molecule has 0 saturated carbocycles. The normalized spacial score (nSPS) is 11.7. The van der Waals surface area contributed by atoms with Crippen LogP contribution in [-0.2, 0) is 21.0 Å². The van der Waals surface area contributed by atoms with Crippen molar-refractivity contribution in [3.05, 3.63) is 83.9 Å². The zero-order chi connectivity index (χ0) is 24.2. The van der Waals surface area contributed by atoms with Gasteiger partial charge in [0.1, 0.15) is 12.3 Å². The molecule has 0 aliphatic heterocycles. The van der Waals surface area contributed by atoms with Crippen LogP contribution in [0.25, 0.3) is 0 Å². The monoisotopic (exact) mass is 478 g/mol. The molecule has 3 aromatic carbocycles. The number of carbonyl (C=O) groups excluding carboxylic acids is 1. The molecule has 0 fully saturated rings. The Kier molecular flexibility index (Phi) is 6.97. The van der Waals surface area contributed by atoms with Crippen molar-refractivity contribution in [2.75, 3.05) is 23.3 Å². The largest absolute Gasteiger partial charge is 0.496 e. The summed E-state index contributed by atoms with van der Waals surface area (Å²) in [5, 5.41) is 2.44. The van der Waals surface area contributed by atoms with Crippen LogP contribution in [0.2, 0.25) is 0 Å². The number of ether oxygens (including phenoxy) is 1.